The minimum absolute atomic E-state index is 0.645. The minimum Gasteiger partial charge on any atom is -0.370 e. The zero-order valence-corrected chi connectivity index (χ0v) is 20.4. The highest BCUT2D eigenvalue weighted by atomic mass is 15.3. The van der Waals surface area contributed by atoms with Crippen molar-refractivity contribution in [1.82, 2.24) is 19.6 Å². The van der Waals surface area contributed by atoms with Crippen LogP contribution in [0.2, 0.25) is 0 Å². The fourth-order valence-electron chi connectivity index (χ4n) is 3.92. The van der Waals surface area contributed by atoms with Gasteiger partial charge in [-0.1, -0.05) is 69.2 Å². The van der Waals surface area contributed by atoms with Crippen LogP contribution in [0.25, 0.3) is 33.6 Å². The lowest BCUT2D eigenvalue weighted by Gasteiger charge is -2.09. The molecule has 6 heteroatoms. The van der Waals surface area contributed by atoms with E-state index < -0.39 is 0 Å². The third-order valence-corrected chi connectivity index (χ3v) is 5.87. The first-order valence-corrected chi connectivity index (χ1v) is 12.2. The van der Waals surface area contributed by atoms with Crippen LogP contribution < -0.4 is 10.6 Å². The highest BCUT2D eigenvalue weighted by molar-refractivity contribution is 5.92. The molecule has 1 aromatic carbocycles. The van der Waals surface area contributed by atoms with Crippen molar-refractivity contribution in [2.75, 3.05) is 23.7 Å². The molecule has 0 spiro atoms. The van der Waals surface area contributed by atoms with Gasteiger partial charge in [0.05, 0.1) is 16.8 Å². The van der Waals surface area contributed by atoms with E-state index in [2.05, 4.69) is 78.5 Å². The van der Waals surface area contributed by atoms with Crippen LogP contribution in [0.1, 0.15) is 52.0 Å². The van der Waals surface area contributed by atoms with Gasteiger partial charge in [-0.15, -0.1) is 0 Å². The van der Waals surface area contributed by atoms with E-state index in [1.807, 2.05) is 23.7 Å². The lowest BCUT2D eigenvalue weighted by molar-refractivity contribution is 0.822. The summed E-state index contributed by atoms with van der Waals surface area (Å²) in [5.41, 5.74) is 6.98. The zero-order chi connectivity index (χ0) is 23.9. The maximum Gasteiger partial charge on any atom is 0.223 e. The van der Waals surface area contributed by atoms with Crippen LogP contribution in [0.5, 0.6) is 0 Å². The zero-order valence-electron chi connectivity index (χ0n) is 20.4. The van der Waals surface area contributed by atoms with Crippen LogP contribution in [0.3, 0.4) is 0 Å². The van der Waals surface area contributed by atoms with Gasteiger partial charge in [-0.05, 0) is 43.5 Å². The van der Waals surface area contributed by atoms with Gasteiger partial charge >= 0.3 is 0 Å². The van der Waals surface area contributed by atoms with E-state index in [9.17, 15) is 0 Å². The van der Waals surface area contributed by atoms with Gasteiger partial charge in [-0.2, -0.15) is 5.10 Å². The van der Waals surface area contributed by atoms with E-state index in [1.54, 1.807) is 0 Å². The molecular formula is C28H34N6. The van der Waals surface area contributed by atoms with Crippen LogP contribution in [-0.2, 0) is 0 Å². The number of rotatable bonds is 11. The van der Waals surface area contributed by atoms with Gasteiger partial charge in [-0.3, -0.25) is 0 Å². The Kier molecular flexibility index (Phi) is 7.58. The Morgan fingerprint density at radius 2 is 1.68 bits per heavy atom. The summed E-state index contributed by atoms with van der Waals surface area (Å²) in [4.78, 5) is 9.29. The van der Waals surface area contributed by atoms with E-state index in [1.165, 1.54) is 0 Å². The number of allylic oxidation sites excluding steroid dienone is 1. The summed E-state index contributed by atoms with van der Waals surface area (Å²) < 4.78 is 2.00. The van der Waals surface area contributed by atoms with Crippen LogP contribution in [0.15, 0.2) is 61.3 Å². The van der Waals surface area contributed by atoms with Gasteiger partial charge in [0.1, 0.15) is 11.5 Å². The van der Waals surface area contributed by atoms with E-state index in [0.29, 0.717) is 5.95 Å². The Bertz CT molecular complexity index is 1260. The highest BCUT2D eigenvalue weighted by Crippen LogP contribution is 2.36. The summed E-state index contributed by atoms with van der Waals surface area (Å²) in [6.07, 6.45) is 6.27. The fourth-order valence-corrected chi connectivity index (χ4v) is 3.92. The Hall–Kier alpha value is -3.67. The van der Waals surface area contributed by atoms with Gasteiger partial charge in [0, 0.05) is 24.8 Å². The first-order valence-electron chi connectivity index (χ1n) is 12.2. The number of nitrogens with one attached hydrogen (secondary N) is 2. The molecule has 0 aliphatic rings. The molecular weight excluding hydrogens is 420 g/mol. The lowest BCUT2D eigenvalue weighted by atomic mass is 10.0. The molecule has 34 heavy (non-hydrogen) atoms. The lowest BCUT2D eigenvalue weighted by Crippen LogP contribution is -2.06. The molecule has 3 heterocycles. The molecule has 0 saturated carbocycles. The topological polar surface area (TPSA) is 67.1 Å². The Morgan fingerprint density at radius 1 is 0.941 bits per heavy atom. The van der Waals surface area contributed by atoms with E-state index in [0.717, 1.165) is 83.8 Å². The highest BCUT2D eigenvalue weighted by Gasteiger charge is 2.19. The summed E-state index contributed by atoms with van der Waals surface area (Å²) in [7, 11) is 0. The maximum atomic E-state index is 5.07. The third-order valence-electron chi connectivity index (χ3n) is 5.87. The van der Waals surface area contributed by atoms with Crippen molar-refractivity contribution in [3.8, 4) is 22.5 Å². The summed E-state index contributed by atoms with van der Waals surface area (Å²) >= 11 is 0. The smallest absolute Gasteiger partial charge is 0.223 e. The number of hydrogen-bond acceptors (Lipinski definition) is 5. The molecule has 0 amide bonds. The molecule has 0 radical (unpaired) electrons. The summed E-state index contributed by atoms with van der Waals surface area (Å²) in [5, 5.41) is 12.0. The van der Waals surface area contributed by atoms with Crippen LogP contribution >= 0.6 is 0 Å². The predicted octanol–water partition coefficient (Wildman–Crippen LogP) is 6.92. The van der Waals surface area contributed by atoms with Crippen molar-refractivity contribution in [3.63, 3.8) is 0 Å². The van der Waals surface area contributed by atoms with Crippen LogP contribution in [0.4, 0.5) is 11.8 Å². The standard InChI is InChI=1S/C28H34N6/c1-5-7-17-29-25-11-9-10-24-26(23-16-19-31-28(32-23)30-18-8-6-2)27(33-34(24)25)22-14-12-21(13-15-22)20(3)4/h9-16,19,29H,3,5-8,17-18H2,1-2,4H3,(H,30,31,32). The Labute approximate surface area is 202 Å². The molecule has 0 atom stereocenters. The fraction of sp³-hybridized carbons (Fsp3) is 0.321. The molecule has 0 aliphatic heterocycles. The molecule has 3 aromatic heterocycles. The normalized spacial score (nSPS) is 11.0. The van der Waals surface area contributed by atoms with Gasteiger partial charge < -0.3 is 10.6 Å². The number of benzene rings is 1. The first kappa shape index (κ1) is 23.5. The van der Waals surface area contributed by atoms with Gasteiger partial charge in [0.2, 0.25) is 5.95 Å². The Morgan fingerprint density at radius 3 is 2.38 bits per heavy atom. The van der Waals surface area contributed by atoms with Gasteiger partial charge in [0.25, 0.3) is 0 Å². The number of aromatic nitrogens is 4. The summed E-state index contributed by atoms with van der Waals surface area (Å²) in [6, 6.07) is 16.6. The molecule has 0 saturated heterocycles. The average Bonchev–Trinajstić information content (AvgIpc) is 3.25. The van der Waals surface area contributed by atoms with Crippen molar-refractivity contribution in [1.29, 1.82) is 0 Å². The molecule has 4 aromatic rings. The van der Waals surface area contributed by atoms with E-state index >= 15 is 0 Å². The van der Waals surface area contributed by atoms with Gasteiger partial charge in [-0.25, -0.2) is 14.5 Å². The number of unbranched alkanes of at least 4 members (excludes halogenated alkanes) is 2. The first-order chi connectivity index (χ1) is 16.6. The number of pyridine rings is 1. The van der Waals surface area contributed by atoms with Gasteiger partial charge in [0.15, 0.2) is 0 Å². The van der Waals surface area contributed by atoms with Crippen LogP contribution in [0, 0.1) is 0 Å². The number of fused-ring (bicyclic) bond motifs is 1. The molecule has 4 rings (SSSR count). The molecule has 0 bridgehead atoms. The van der Waals surface area contributed by atoms with Crippen molar-refractivity contribution < 1.29 is 0 Å². The number of nitrogens with zero attached hydrogens (tertiary/aromatic N) is 4. The van der Waals surface area contributed by atoms with Crippen molar-refractivity contribution in [3.05, 3.63) is 66.9 Å². The second kappa shape index (κ2) is 11.0. The molecule has 0 unspecified atom stereocenters. The monoisotopic (exact) mass is 454 g/mol. The number of anilines is 2. The molecule has 6 nitrogen and oxygen atoms in total. The minimum atomic E-state index is 0.645. The number of hydrogen-bond donors (Lipinski definition) is 2. The maximum absolute atomic E-state index is 5.07. The van der Waals surface area contributed by atoms with Crippen molar-refractivity contribution >= 4 is 22.9 Å². The van der Waals surface area contributed by atoms with Crippen molar-refractivity contribution in [2.24, 2.45) is 0 Å². The predicted molar refractivity (Wildman–Crippen MR) is 143 cm³/mol. The Balaban J connectivity index is 1.84. The largest absolute Gasteiger partial charge is 0.370 e. The average molecular weight is 455 g/mol. The SMILES string of the molecule is C=C(C)c1ccc(-c2nn3c(NCCCC)cccc3c2-c2ccnc(NCCCC)n2)cc1. The van der Waals surface area contributed by atoms with Crippen molar-refractivity contribution in [2.45, 2.75) is 46.5 Å². The molecule has 0 fully saturated rings. The summed E-state index contributed by atoms with van der Waals surface area (Å²) in [5.74, 6) is 1.62. The summed E-state index contributed by atoms with van der Waals surface area (Å²) in [6.45, 7) is 12.2. The molecule has 176 valence electrons. The quantitative estimate of drug-likeness (QED) is 0.241. The van der Waals surface area contributed by atoms with E-state index in [-0.39, 0.29) is 0 Å². The van der Waals surface area contributed by atoms with E-state index in [4.69, 9.17) is 10.1 Å². The molecule has 2 N–H and O–H groups in total. The third kappa shape index (κ3) is 5.11. The van der Waals surface area contributed by atoms with Crippen LogP contribution in [-0.4, -0.2) is 32.7 Å². The second-order valence-electron chi connectivity index (χ2n) is 8.62. The molecule has 0 aliphatic carbocycles. The second-order valence-corrected chi connectivity index (χ2v) is 8.62.